The topological polar surface area (TPSA) is 17.8 Å². The van der Waals surface area contributed by atoms with Gasteiger partial charge in [-0.15, -0.1) is 0 Å². The van der Waals surface area contributed by atoms with Gasteiger partial charge in [0.25, 0.3) is 0 Å². The molecule has 1 heterocycles. The number of rotatable bonds is 1. The van der Waals surface area contributed by atoms with Crippen molar-refractivity contribution in [3.8, 4) is 5.69 Å². The van der Waals surface area contributed by atoms with E-state index in [1.54, 1.807) is 19.1 Å². The predicted molar refractivity (Wildman–Crippen MR) is 61.0 cm³/mol. The third-order valence-electron chi connectivity index (χ3n) is 2.28. The van der Waals surface area contributed by atoms with Crippen LogP contribution in [0.3, 0.4) is 0 Å². The molecule has 0 saturated carbocycles. The Bertz CT molecular complexity index is 546. The smallest absolute Gasteiger partial charge is 0.226 e. The second-order valence-electron chi connectivity index (χ2n) is 3.58. The largest absolute Gasteiger partial charge is 0.418 e. The van der Waals surface area contributed by atoms with Gasteiger partial charge in [-0.3, -0.25) is 0 Å². The quantitative estimate of drug-likeness (QED) is 0.780. The maximum absolute atomic E-state index is 12.9. The second kappa shape index (κ2) is 4.18. The molecule has 0 bridgehead atoms. The van der Waals surface area contributed by atoms with E-state index in [1.807, 2.05) is 0 Å². The van der Waals surface area contributed by atoms with Crippen LogP contribution in [0.5, 0.6) is 0 Å². The third-order valence-corrected chi connectivity index (χ3v) is 2.88. The van der Waals surface area contributed by atoms with E-state index in [-0.39, 0.29) is 5.69 Å². The Morgan fingerprint density at radius 1 is 1.24 bits per heavy atom. The van der Waals surface area contributed by atoms with Crippen molar-refractivity contribution in [2.75, 3.05) is 0 Å². The van der Waals surface area contributed by atoms with Gasteiger partial charge in [0.1, 0.15) is 4.60 Å². The zero-order chi connectivity index (χ0) is 12.6. The van der Waals surface area contributed by atoms with Crippen molar-refractivity contribution in [3.63, 3.8) is 0 Å². The summed E-state index contributed by atoms with van der Waals surface area (Å²) in [5.41, 5.74) is -0.119. The van der Waals surface area contributed by atoms with Crippen molar-refractivity contribution in [1.29, 1.82) is 0 Å². The molecule has 0 aliphatic heterocycles. The Hall–Kier alpha value is -1.30. The Morgan fingerprint density at radius 3 is 2.47 bits per heavy atom. The highest BCUT2D eigenvalue weighted by Crippen LogP contribution is 2.35. The Kier molecular flexibility index (Phi) is 2.99. The Morgan fingerprint density at radius 2 is 1.94 bits per heavy atom. The zero-order valence-corrected chi connectivity index (χ0v) is 10.4. The molecule has 0 aliphatic carbocycles. The molecular formula is C11H8BrF3N2. The van der Waals surface area contributed by atoms with Crippen molar-refractivity contribution >= 4 is 15.9 Å². The van der Waals surface area contributed by atoms with Crippen LogP contribution in [0.25, 0.3) is 5.69 Å². The standard InChI is InChI=1S/C11H8BrF3N2/c1-7-2-3-9(8(6-7)11(13,14)15)17-10(12)4-5-16-17/h2-6H,1H3. The Labute approximate surface area is 104 Å². The lowest BCUT2D eigenvalue weighted by atomic mass is 10.1. The van der Waals surface area contributed by atoms with Gasteiger partial charge < -0.3 is 0 Å². The summed E-state index contributed by atoms with van der Waals surface area (Å²) in [7, 11) is 0. The van der Waals surface area contributed by atoms with E-state index in [0.29, 0.717) is 10.2 Å². The first-order chi connectivity index (χ1) is 7.89. The molecule has 17 heavy (non-hydrogen) atoms. The van der Waals surface area contributed by atoms with Crippen LogP contribution in [-0.2, 0) is 6.18 Å². The lowest BCUT2D eigenvalue weighted by molar-refractivity contribution is -0.137. The number of alkyl halides is 3. The summed E-state index contributed by atoms with van der Waals surface area (Å²) >= 11 is 3.16. The van der Waals surface area contributed by atoms with E-state index in [0.717, 1.165) is 6.07 Å². The first-order valence-corrected chi connectivity index (χ1v) is 5.56. The second-order valence-corrected chi connectivity index (χ2v) is 4.40. The molecule has 0 amide bonds. The van der Waals surface area contributed by atoms with Crippen LogP contribution in [0, 0.1) is 6.92 Å². The van der Waals surface area contributed by atoms with Gasteiger partial charge >= 0.3 is 6.18 Å². The highest BCUT2D eigenvalue weighted by molar-refractivity contribution is 9.10. The summed E-state index contributed by atoms with van der Waals surface area (Å²) in [5.74, 6) is 0. The molecule has 2 aromatic rings. The number of hydrogen-bond acceptors (Lipinski definition) is 1. The molecule has 0 fully saturated rings. The monoisotopic (exact) mass is 304 g/mol. The van der Waals surface area contributed by atoms with Crippen LogP contribution in [-0.4, -0.2) is 9.78 Å². The van der Waals surface area contributed by atoms with E-state index < -0.39 is 11.7 Å². The molecule has 6 heteroatoms. The van der Waals surface area contributed by atoms with Crippen molar-refractivity contribution < 1.29 is 13.2 Å². The van der Waals surface area contributed by atoms with Gasteiger partial charge in [0.2, 0.25) is 0 Å². The Balaban J connectivity index is 2.67. The van der Waals surface area contributed by atoms with Crippen molar-refractivity contribution in [2.45, 2.75) is 13.1 Å². The number of hydrogen-bond donors (Lipinski definition) is 0. The fraction of sp³-hybridized carbons (Fsp3) is 0.182. The molecule has 0 N–H and O–H groups in total. The maximum atomic E-state index is 12.9. The van der Waals surface area contributed by atoms with Gasteiger partial charge in [-0.1, -0.05) is 11.6 Å². The van der Waals surface area contributed by atoms with Gasteiger partial charge in [-0.2, -0.15) is 18.3 Å². The summed E-state index contributed by atoms with van der Waals surface area (Å²) in [6.45, 7) is 1.62. The number of aryl methyl sites for hydroxylation is 1. The van der Waals surface area contributed by atoms with E-state index in [1.165, 1.54) is 16.9 Å². The van der Waals surface area contributed by atoms with Gasteiger partial charge in [0.05, 0.1) is 17.4 Å². The summed E-state index contributed by atoms with van der Waals surface area (Å²) in [6, 6.07) is 5.73. The molecule has 2 nitrogen and oxygen atoms in total. The van der Waals surface area contributed by atoms with Crippen LogP contribution in [0.4, 0.5) is 13.2 Å². The van der Waals surface area contributed by atoms with Crippen LogP contribution in [0.15, 0.2) is 35.1 Å². The summed E-state index contributed by atoms with van der Waals surface area (Å²) < 4.78 is 40.4. The number of benzene rings is 1. The molecule has 0 radical (unpaired) electrons. The third kappa shape index (κ3) is 2.36. The maximum Gasteiger partial charge on any atom is 0.418 e. The van der Waals surface area contributed by atoms with Gasteiger partial charge in [-0.05, 0) is 41.1 Å². The molecule has 0 aliphatic rings. The molecule has 0 spiro atoms. The molecular weight excluding hydrogens is 297 g/mol. The van der Waals surface area contributed by atoms with Crippen LogP contribution in [0.1, 0.15) is 11.1 Å². The number of nitrogens with zero attached hydrogens (tertiary/aromatic N) is 2. The van der Waals surface area contributed by atoms with Crippen LogP contribution < -0.4 is 0 Å². The minimum Gasteiger partial charge on any atom is -0.226 e. The van der Waals surface area contributed by atoms with E-state index in [2.05, 4.69) is 21.0 Å². The average molecular weight is 305 g/mol. The van der Waals surface area contributed by atoms with E-state index in [9.17, 15) is 13.2 Å². The van der Waals surface area contributed by atoms with Gasteiger partial charge in [0.15, 0.2) is 0 Å². The van der Waals surface area contributed by atoms with Crippen molar-refractivity contribution in [2.24, 2.45) is 0 Å². The van der Waals surface area contributed by atoms with E-state index >= 15 is 0 Å². The fourth-order valence-electron chi connectivity index (χ4n) is 1.53. The molecule has 90 valence electrons. The lowest BCUT2D eigenvalue weighted by Crippen LogP contribution is -2.12. The highest BCUT2D eigenvalue weighted by atomic mass is 79.9. The highest BCUT2D eigenvalue weighted by Gasteiger charge is 2.34. The first-order valence-electron chi connectivity index (χ1n) is 4.77. The van der Waals surface area contributed by atoms with Crippen molar-refractivity contribution in [1.82, 2.24) is 9.78 Å². The summed E-state index contributed by atoms with van der Waals surface area (Å²) in [4.78, 5) is 0. The minimum absolute atomic E-state index is 0.0139. The zero-order valence-electron chi connectivity index (χ0n) is 8.79. The molecule has 2 rings (SSSR count). The number of aromatic nitrogens is 2. The SMILES string of the molecule is Cc1ccc(-n2nccc2Br)c(C(F)(F)F)c1. The first kappa shape index (κ1) is 12.2. The van der Waals surface area contributed by atoms with E-state index in [4.69, 9.17) is 0 Å². The van der Waals surface area contributed by atoms with Crippen LogP contribution >= 0.6 is 15.9 Å². The summed E-state index contributed by atoms with van der Waals surface area (Å²) in [5, 5.41) is 3.86. The molecule has 0 atom stereocenters. The van der Waals surface area contributed by atoms with Gasteiger partial charge in [0, 0.05) is 0 Å². The van der Waals surface area contributed by atoms with Gasteiger partial charge in [-0.25, -0.2) is 4.68 Å². The molecule has 0 saturated heterocycles. The molecule has 1 aromatic carbocycles. The van der Waals surface area contributed by atoms with Crippen molar-refractivity contribution in [3.05, 3.63) is 46.2 Å². The lowest BCUT2D eigenvalue weighted by Gasteiger charge is -2.14. The summed E-state index contributed by atoms with van der Waals surface area (Å²) in [6.07, 6.45) is -2.96. The normalized spacial score (nSPS) is 11.8. The number of halogens is 4. The molecule has 0 unspecified atom stereocenters. The van der Waals surface area contributed by atoms with Crippen LogP contribution in [0.2, 0.25) is 0 Å². The molecule has 1 aromatic heterocycles. The average Bonchev–Trinajstić information content (AvgIpc) is 2.63. The minimum atomic E-state index is -4.40. The predicted octanol–water partition coefficient (Wildman–Crippen LogP) is 3.96. The fourth-order valence-corrected chi connectivity index (χ4v) is 1.93.